The van der Waals surface area contributed by atoms with E-state index in [4.69, 9.17) is 5.73 Å². The van der Waals surface area contributed by atoms with Gasteiger partial charge < -0.3 is 15.6 Å². The Morgan fingerprint density at radius 1 is 1.26 bits per heavy atom. The van der Waals surface area contributed by atoms with Crippen molar-refractivity contribution in [1.82, 2.24) is 19.5 Å². The van der Waals surface area contributed by atoms with E-state index in [0.29, 0.717) is 18.0 Å². The summed E-state index contributed by atoms with van der Waals surface area (Å²) in [6.45, 7) is 0. The van der Waals surface area contributed by atoms with Crippen LogP contribution < -0.4 is 11.1 Å². The van der Waals surface area contributed by atoms with Crippen LogP contribution in [0, 0.1) is 0 Å². The van der Waals surface area contributed by atoms with E-state index >= 15 is 0 Å². The fraction of sp³-hybridized carbons (Fsp3) is 0.462. The molecule has 3 N–H and O–H groups in total. The van der Waals surface area contributed by atoms with Gasteiger partial charge in [0, 0.05) is 6.04 Å². The van der Waals surface area contributed by atoms with Crippen LogP contribution in [0.4, 0.5) is 11.8 Å². The van der Waals surface area contributed by atoms with Gasteiger partial charge in [0.25, 0.3) is 0 Å². The average Bonchev–Trinajstić information content (AvgIpc) is 2.91. The van der Waals surface area contributed by atoms with Crippen molar-refractivity contribution >= 4 is 22.9 Å². The van der Waals surface area contributed by atoms with Crippen LogP contribution in [-0.2, 0) is 0 Å². The average molecular weight is 256 g/mol. The molecular weight excluding hydrogens is 240 g/mol. The highest BCUT2D eigenvalue weighted by atomic mass is 15.2. The van der Waals surface area contributed by atoms with Gasteiger partial charge in [-0.2, -0.15) is 9.97 Å². The molecule has 1 atom stereocenters. The third kappa shape index (κ3) is 1.83. The lowest BCUT2D eigenvalue weighted by Crippen LogP contribution is -2.09. The Balaban J connectivity index is 1.83. The first-order valence-electron chi connectivity index (χ1n) is 6.74. The predicted octanol–water partition coefficient (Wildman–Crippen LogP) is 1.87. The zero-order chi connectivity index (χ0) is 12.8. The Morgan fingerprint density at radius 2 is 2.16 bits per heavy atom. The Hall–Kier alpha value is -2.11. The fourth-order valence-electron chi connectivity index (χ4n) is 2.55. The number of aromatic nitrogens is 4. The molecule has 1 fully saturated rings. The van der Waals surface area contributed by atoms with Crippen LogP contribution in [0.3, 0.4) is 0 Å². The second-order valence-electron chi connectivity index (χ2n) is 5.25. The van der Waals surface area contributed by atoms with Crippen LogP contribution in [0.25, 0.3) is 11.2 Å². The van der Waals surface area contributed by atoms with Gasteiger partial charge >= 0.3 is 0 Å². The summed E-state index contributed by atoms with van der Waals surface area (Å²) in [5.74, 6) is 1.07. The quantitative estimate of drug-likeness (QED) is 0.819. The molecule has 0 saturated heterocycles. The van der Waals surface area contributed by atoms with Crippen LogP contribution in [-0.4, -0.2) is 25.6 Å². The highest BCUT2D eigenvalue weighted by Gasteiger charge is 2.24. The first-order valence-corrected chi connectivity index (χ1v) is 6.74. The molecule has 2 aromatic heterocycles. The maximum atomic E-state index is 5.83. The molecule has 2 aromatic rings. The van der Waals surface area contributed by atoms with Crippen molar-refractivity contribution in [1.29, 1.82) is 0 Å². The first-order chi connectivity index (χ1) is 9.31. The van der Waals surface area contributed by atoms with Gasteiger partial charge in [0.1, 0.15) is 0 Å². The van der Waals surface area contributed by atoms with E-state index in [0.717, 1.165) is 29.8 Å². The number of nitrogens with zero attached hydrogens (tertiary/aromatic N) is 4. The molecule has 0 spiro atoms. The highest BCUT2D eigenvalue weighted by Crippen LogP contribution is 2.30. The van der Waals surface area contributed by atoms with Gasteiger partial charge in [0.2, 0.25) is 5.95 Å². The molecular formula is C13H16N6. The number of rotatable bonds is 3. The molecule has 0 unspecified atom stereocenters. The van der Waals surface area contributed by atoms with Gasteiger partial charge in [-0.25, -0.2) is 4.98 Å². The van der Waals surface area contributed by atoms with Crippen LogP contribution in [0.1, 0.15) is 31.7 Å². The fourth-order valence-corrected chi connectivity index (χ4v) is 2.55. The Morgan fingerprint density at radius 3 is 2.89 bits per heavy atom. The van der Waals surface area contributed by atoms with E-state index in [1.165, 1.54) is 12.8 Å². The molecule has 19 heavy (non-hydrogen) atoms. The maximum Gasteiger partial charge on any atom is 0.224 e. The number of hydrogen-bond acceptors (Lipinski definition) is 5. The summed E-state index contributed by atoms with van der Waals surface area (Å²) in [4.78, 5) is 13.1. The molecule has 6 nitrogen and oxygen atoms in total. The van der Waals surface area contributed by atoms with Gasteiger partial charge in [0.15, 0.2) is 17.0 Å². The minimum Gasteiger partial charge on any atom is -0.368 e. The van der Waals surface area contributed by atoms with Crippen molar-refractivity contribution in [3.05, 3.63) is 18.5 Å². The third-order valence-electron chi connectivity index (χ3n) is 3.70. The minimum atomic E-state index is 0.305. The number of nitrogens with two attached hydrogens (primary N) is 1. The van der Waals surface area contributed by atoms with E-state index in [1.807, 2.05) is 6.33 Å². The molecule has 0 aromatic carbocycles. The van der Waals surface area contributed by atoms with E-state index in [9.17, 15) is 0 Å². The summed E-state index contributed by atoms with van der Waals surface area (Å²) in [6, 6.07) is 0.863. The molecule has 98 valence electrons. The van der Waals surface area contributed by atoms with E-state index in [-0.39, 0.29) is 0 Å². The molecule has 6 heteroatoms. The number of allylic oxidation sites excluding steroid dienone is 2. The zero-order valence-electron chi connectivity index (χ0n) is 10.6. The van der Waals surface area contributed by atoms with Crippen molar-refractivity contribution in [3.8, 4) is 0 Å². The molecule has 0 amide bonds. The van der Waals surface area contributed by atoms with Gasteiger partial charge in [-0.15, -0.1) is 0 Å². The summed E-state index contributed by atoms with van der Waals surface area (Å²) in [5, 5.41) is 3.38. The van der Waals surface area contributed by atoms with Crippen molar-refractivity contribution < 1.29 is 0 Å². The summed E-state index contributed by atoms with van der Waals surface area (Å²) in [7, 11) is 0. The minimum absolute atomic E-state index is 0.305. The van der Waals surface area contributed by atoms with Crippen LogP contribution in [0.15, 0.2) is 18.5 Å². The van der Waals surface area contributed by atoms with E-state index in [1.54, 1.807) is 0 Å². The smallest absolute Gasteiger partial charge is 0.224 e. The van der Waals surface area contributed by atoms with Crippen molar-refractivity contribution in [3.63, 3.8) is 0 Å². The monoisotopic (exact) mass is 256 g/mol. The SMILES string of the molecule is Nc1nc(NC2CC2)c2ncn([C@H]3C=CCC3)c2n1. The number of imidazole rings is 1. The summed E-state index contributed by atoms with van der Waals surface area (Å²) in [6.07, 6.45) is 10.8. The molecule has 4 rings (SSSR count). The van der Waals surface area contributed by atoms with E-state index < -0.39 is 0 Å². The third-order valence-corrected chi connectivity index (χ3v) is 3.70. The topological polar surface area (TPSA) is 81.6 Å². The highest BCUT2D eigenvalue weighted by molar-refractivity contribution is 5.84. The van der Waals surface area contributed by atoms with Crippen molar-refractivity contribution in [2.24, 2.45) is 0 Å². The lowest BCUT2D eigenvalue weighted by atomic mass is 10.2. The molecule has 2 heterocycles. The molecule has 0 radical (unpaired) electrons. The zero-order valence-corrected chi connectivity index (χ0v) is 10.6. The number of nitrogens with one attached hydrogen (secondary N) is 1. The second kappa shape index (κ2) is 3.94. The Kier molecular flexibility index (Phi) is 2.24. The summed E-state index contributed by atoms with van der Waals surface area (Å²) in [5.41, 5.74) is 7.47. The Labute approximate surface area is 110 Å². The standard InChI is InChI=1S/C13H16N6/c14-13-17-11(16-8-5-6-8)10-12(18-13)19(7-15-10)9-3-1-2-4-9/h1,3,7-9H,2,4-6H2,(H3,14,16,17,18)/t9-/m0/s1. The maximum absolute atomic E-state index is 5.83. The van der Waals surface area contributed by atoms with Gasteiger partial charge in [-0.3, -0.25) is 0 Å². The Bertz CT molecular complexity index is 654. The second-order valence-corrected chi connectivity index (χ2v) is 5.25. The van der Waals surface area contributed by atoms with Gasteiger partial charge in [-0.1, -0.05) is 12.2 Å². The van der Waals surface area contributed by atoms with Crippen LogP contribution in [0.5, 0.6) is 0 Å². The molecule has 2 aliphatic carbocycles. The summed E-state index contributed by atoms with van der Waals surface area (Å²) >= 11 is 0. The lowest BCUT2D eigenvalue weighted by molar-refractivity contribution is 0.602. The van der Waals surface area contributed by atoms with Crippen molar-refractivity contribution in [2.75, 3.05) is 11.1 Å². The molecule has 0 aliphatic heterocycles. The number of nitrogen functional groups attached to an aromatic ring is 1. The van der Waals surface area contributed by atoms with E-state index in [2.05, 4.69) is 37.0 Å². The largest absolute Gasteiger partial charge is 0.368 e. The van der Waals surface area contributed by atoms with Crippen molar-refractivity contribution in [2.45, 2.75) is 37.8 Å². The first kappa shape index (κ1) is 10.8. The van der Waals surface area contributed by atoms with Crippen LogP contribution in [0.2, 0.25) is 0 Å². The normalized spacial score (nSPS) is 22.2. The number of fused-ring (bicyclic) bond motifs is 1. The molecule has 0 bridgehead atoms. The summed E-state index contributed by atoms with van der Waals surface area (Å²) < 4.78 is 2.09. The number of hydrogen-bond donors (Lipinski definition) is 2. The molecule has 1 saturated carbocycles. The van der Waals surface area contributed by atoms with Gasteiger partial charge in [0.05, 0.1) is 12.4 Å². The lowest BCUT2D eigenvalue weighted by Gasteiger charge is -2.11. The number of anilines is 2. The predicted molar refractivity (Wildman–Crippen MR) is 73.8 cm³/mol. The van der Waals surface area contributed by atoms with Crippen LogP contribution >= 0.6 is 0 Å². The molecule has 2 aliphatic rings. The van der Waals surface area contributed by atoms with Gasteiger partial charge in [-0.05, 0) is 25.7 Å².